The van der Waals surface area contributed by atoms with E-state index in [2.05, 4.69) is 48.9 Å². The second-order valence-electron chi connectivity index (χ2n) is 7.65. The second kappa shape index (κ2) is 5.15. The third-order valence-corrected chi connectivity index (χ3v) is 5.54. The van der Waals surface area contributed by atoms with Crippen LogP contribution < -0.4 is 0 Å². The first-order chi connectivity index (χ1) is 11.3. The fraction of sp³-hybridized carbons (Fsp3) is 0.300. The van der Waals surface area contributed by atoms with Gasteiger partial charge in [-0.25, -0.2) is 4.98 Å². The van der Waals surface area contributed by atoms with Gasteiger partial charge in [0.25, 0.3) is 0 Å². The molecule has 0 bridgehead atoms. The van der Waals surface area contributed by atoms with E-state index in [1.54, 1.807) is 17.5 Å². The lowest BCUT2D eigenvalue weighted by Gasteiger charge is -2.17. The average molecular weight is 336 g/mol. The molecule has 1 aromatic carbocycles. The molecule has 4 heteroatoms. The first-order valence-electron chi connectivity index (χ1n) is 8.12. The second-order valence-corrected chi connectivity index (χ2v) is 8.67. The summed E-state index contributed by atoms with van der Waals surface area (Å²) in [6.07, 6.45) is 4.67. The smallest absolute Gasteiger partial charge is 0.229 e. The first-order valence-corrected chi connectivity index (χ1v) is 8.93. The Morgan fingerprint density at radius 1 is 1.04 bits per heavy atom. The van der Waals surface area contributed by atoms with Gasteiger partial charge in [-0.05, 0) is 35.8 Å². The van der Waals surface area contributed by atoms with E-state index in [0.717, 1.165) is 33.2 Å². The van der Waals surface area contributed by atoms with Gasteiger partial charge in [-0.1, -0.05) is 32.9 Å². The van der Waals surface area contributed by atoms with Gasteiger partial charge >= 0.3 is 0 Å². The molecule has 0 atom stereocenters. The molecule has 0 amide bonds. The minimum atomic E-state index is 0.113. The number of fused-ring (bicyclic) bond motifs is 5. The molecule has 0 aliphatic rings. The van der Waals surface area contributed by atoms with Crippen LogP contribution in [0.3, 0.4) is 0 Å². The standard InChI is InChI=1S/C20H20N2OS/c1-11-9-22-19(23)18-16(11)14-6-5-12-7-13(8-20(2,3)4)21-10-15(12)17(14)24-18/h5-7,9-10H,8H2,1-4H3,(H,22,23). The monoisotopic (exact) mass is 336 g/mol. The molecule has 122 valence electrons. The van der Waals surface area contributed by atoms with Gasteiger partial charge in [-0.3, -0.25) is 4.98 Å². The van der Waals surface area contributed by atoms with Gasteiger partial charge in [0, 0.05) is 38.9 Å². The molecule has 0 radical (unpaired) electrons. The Labute approximate surface area is 145 Å². The van der Waals surface area contributed by atoms with Crippen molar-refractivity contribution < 1.29 is 5.11 Å². The maximum absolute atomic E-state index is 10.1. The van der Waals surface area contributed by atoms with Crippen molar-refractivity contribution in [3.05, 3.63) is 41.9 Å². The van der Waals surface area contributed by atoms with Crippen molar-refractivity contribution in [2.45, 2.75) is 34.1 Å². The Kier molecular flexibility index (Phi) is 3.29. The van der Waals surface area contributed by atoms with Crippen LogP contribution in [0.15, 0.2) is 30.6 Å². The molecule has 3 heterocycles. The number of aromatic nitrogens is 2. The summed E-state index contributed by atoms with van der Waals surface area (Å²) in [6, 6.07) is 6.51. The quantitative estimate of drug-likeness (QED) is 0.492. The van der Waals surface area contributed by atoms with Crippen molar-refractivity contribution in [3.63, 3.8) is 0 Å². The molecule has 0 saturated heterocycles. The Morgan fingerprint density at radius 2 is 1.83 bits per heavy atom. The highest BCUT2D eigenvalue weighted by atomic mass is 32.1. The van der Waals surface area contributed by atoms with E-state index >= 15 is 0 Å². The lowest BCUT2D eigenvalue weighted by atomic mass is 9.90. The van der Waals surface area contributed by atoms with Gasteiger partial charge in [0.15, 0.2) is 0 Å². The summed E-state index contributed by atoms with van der Waals surface area (Å²) in [5.41, 5.74) is 2.43. The molecule has 0 saturated carbocycles. The topological polar surface area (TPSA) is 46.0 Å². The van der Waals surface area contributed by atoms with E-state index in [1.807, 2.05) is 13.1 Å². The number of nitrogens with zero attached hydrogens (tertiary/aromatic N) is 2. The fourth-order valence-electron chi connectivity index (χ4n) is 3.29. The lowest BCUT2D eigenvalue weighted by Crippen LogP contribution is -2.10. The molecule has 1 N–H and O–H groups in total. The highest BCUT2D eigenvalue weighted by molar-refractivity contribution is 7.27. The van der Waals surface area contributed by atoms with Crippen LogP contribution in [0.2, 0.25) is 0 Å². The lowest BCUT2D eigenvalue weighted by molar-refractivity contribution is 0.406. The van der Waals surface area contributed by atoms with E-state index < -0.39 is 0 Å². The number of thiophene rings is 1. The average Bonchev–Trinajstić information content (AvgIpc) is 2.90. The van der Waals surface area contributed by atoms with E-state index in [-0.39, 0.29) is 11.3 Å². The van der Waals surface area contributed by atoms with Crippen LogP contribution in [0.4, 0.5) is 0 Å². The molecule has 4 rings (SSSR count). The zero-order valence-electron chi connectivity index (χ0n) is 14.3. The van der Waals surface area contributed by atoms with Crippen LogP contribution in [-0.2, 0) is 6.42 Å². The number of hydrogen-bond donors (Lipinski definition) is 1. The Balaban J connectivity index is 2.01. The van der Waals surface area contributed by atoms with Crippen LogP contribution in [0.25, 0.3) is 30.9 Å². The largest absolute Gasteiger partial charge is 0.492 e. The summed E-state index contributed by atoms with van der Waals surface area (Å²) < 4.78 is 2.03. The van der Waals surface area contributed by atoms with E-state index in [9.17, 15) is 5.11 Å². The summed E-state index contributed by atoms with van der Waals surface area (Å²) >= 11 is 1.60. The Bertz CT molecular complexity index is 1090. The minimum absolute atomic E-state index is 0.113. The molecule has 4 aromatic rings. The van der Waals surface area contributed by atoms with Gasteiger partial charge in [-0.2, -0.15) is 0 Å². The molecule has 0 aliphatic carbocycles. The maximum Gasteiger partial charge on any atom is 0.229 e. The predicted octanol–water partition coefficient (Wildman–Crippen LogP) is 5.60. The van der Waals surface area contributed by atoms with Crippen molar-refractivity contribution in [2.24, 2.45) is 5.41 Å². The molecule has 0 spiro atoms. The van der Waals surface area contributed by atoms with Crippen LogP contribution in [0.5, 0.6) is 5.88 Å². The molecule has 24 heavy (non-hydrogen) atoms. The van der Waals surface area contributed by atoms with E-state index in [4.69, 9.17) is 0 Å². The van der Waals surface area contributed by atoms with Crippen LogP contribution in [0.1, 0.15) is 32.0 Å². The zero-order chi connectivity index (χ0) is 17.1. The van der Waals surface area contributed by atoms with Crippen molar-refractivity contribution in [1.82, 2.24) is 9.97 Å². The number of pyridine rings is 2. The molecular formula is C20H20N2OS. The van der Waals surface area contributed by atoms with Crippen molar-refractivity contribution in [2.75, 3.05) is 0 Å². The summed E-state index contributed by atoms with van der Waals surface area (Å²) in [7, 11) is 0. The minimum Gasteiger partial charge on any atom is -0.492 e. The molecule has 0 fully saturated rings. The third-order valence-electron chi connectivity index (χ3n) is 4.30. The third kappa shape index (κ3) is 2.42. The molecule has 0 unspecified atom stereocenters. The number of rotatable bonds is 1. The van der Waals surface area contributed by atoms with E-state index in [1.165, 1.54) is 15.5 Å². The van der Waals surface area contributed by atoms with Gasteiger partial charge in [0.05, 0.1) is 4.70 Å². The number of hydrogen-bond acceptors (Lipinski definition) is 4. The summed E-state index contributed by atoms with van der Waals surface area (Å²) in [4.78, 5) is 8.77. The molecular weight excluding hydrogens is 316 g/mol. The van der Waals surface area contributed by atoms with Crippen molar-refractivity contribution >= 4 is 42.3 Å². The predicted molar refractivity (Wildman–Crippen MR) is 102 cm³/mol. The van der Waals surface area contributed by atoms with Crippen molar-refractivity contribution in [3.8, 4) is 5.88 Å². The van der Waals surface area contributed by atoms with Crippen molar-refractivity contribution in [1.29, 1.82) is 0 Å². The highest BCUT2D eigenvalue weighted by Crippen LogP contribution is 2.42. The number of aromatic hydroxyl groups is 1. The zero-order valence-corrected chi connectivity index (χ0v) is 15.2. The Morgan fingerprint density at radius 3 is 2.58 bits per heavy atom. The van der Waals surface area contributed by atoms with Gasteiger partial charge < -0.3 is 5.11 Å². The summed E-state index contributed by atoms with van der Waals surface area (Å²) in [6.45, 7) is 8.72. The molecule has 3 nitrogen and oxygen atoms in total. The SMILES string of the molecule is Cc1cnc(O)c2sc3c4cnc(CC(C)(C)C)cc4ccc3c12. The summed E-state index contributed by atoms with van der Waals surface area (Å²) in [5, 5.41) is 14.7. The highest BCUT2D eigenvalue weighted by Gasteiger charge is 2.16. The van der Waals surface area contributed by atoms with Crippen LogP contribution in [-0.4, -0.2) is 15.1 Å². The summed E-state index contributed by atoms with van der Waals surface area (Å²) in [5.74, 6) is 0.113. The fourth-order valence-corrected chi connectivity index (χ4v) is 4.57. The van der Waals surface area contributed by atoms with Gasteiger partial charge in [0.1, 0.15) is 0 Å². The normalized spacial score (nSPS) is 12.5. The maximum atomic E-state index is 10.1. The first kappa shape index (κ1) is 15.3. The van der Waals surface area contributed by atoms with Gasteiger partial charge in [0.2, 0.25) is 5.88 Å². The number of aryl methyl sites for hydroxylation is 1. The molecule has 3 aromatic heterocycles. The number of benzene rings is 1. The molecule has 0 aliphatic heterocycles. The van der Waals surface area contributed by atoms with Gasteiger partial charge in [-0.15, -0.1) is 11.3 Å². The van der Waals surface area contributed by atoms with Crippen LogP contribution >= 0.6 is 11.3 Å². The van der Waals surface area contributed by atoms with Crippen LogP contribution in [0, 0.1) is 12.3 Å². The van der Waals surface area contributed by atoms with E-state index in [0.29, 0.717) is 0 Å². The Hall–Kier alpha value is -2.20.